The van der Waals surface area contributed by atoms with E-state index in [9.17, 15) is 23.3 Å². The van der Waals surface area contributed by atoms with E-state index in [0.717, 1.165) is 18.9 Å². The van der Waals surface area contributed by atoms with Crippen LogP contribution in [0.1, 0.15) is 26.7 Å². The fourth-order valence-electron chi connectivity index (χ4n) is 4.20. The van der Waals surface area contributed by atoms with Crippen LogP contribution < -0.4 is 4.90 Å². The second kappa shape index (κ2) is 9.92. The maximum atomic E-state index is 13.4. The van der Waals surface area contributed by atoms with E-state index in [4.69, 9.17) is 4.74 Å². The lowest BCUT2D eigenvalue weighted by atomic mass is 9.96. The summed E-state index contributed by atoms with van der Waals surface area (Å²) >= 11 is 0. The smallest absolute Gasteiger partial charge is 0.270 e. The molecular formula is C20H30N4O6S. The van der Waals surface area contributed by atoms with E-state index >= 15 is 0 Å². The molecule has 1 amide bonds. The van der Waals surface area contributed by atoms with Gasteiger partial charge in [-0.05, 0) is 32.8 Å². The molecule has 1 atom stereocenters. The number of anilines is 1. The first-order chi connectivity index (χ1) is 14.8. The summed E-state index contributed by atoms with van der Waals surface area (Å²) in [6.45, 7) is 7.07. The lowest BCUT2D eigenvalue weighted by molar-refractivity contribution is -0.385. The number of benzene rings is 1. The molecule has 1 aromatic carbocycles. The van der Waals surface area contributed by atoms with Crippen LogP contribution in [0.25, 0.3) is 0 Å². The van der Waals surface area contributed by atoms with Gasteiger partial charge in [0.25, 0.3) is 5.69 Å². The molecule has 10 nitrogen and oxygen atoms in total. The summed E-state index contributed by atoms with van der Waals surface area (Å²) in [4.78, 5) is 27.2. The SMILES string of the molecule is CCN(CC)C(=O)[C@H]1CCCN(c2ccc([N+](=O)[O-])cc2S(=O)(=O)N2CCOCC2)C1. The van der Waals surface area contributed by atoms with Crippen LogP contribution in [0.15, 0.2) is 23.1 Å². The molecule has 3 rings (SSSR count). The van der Waals surface area contributed by atoms with Gasteiger partial charge in [0.15, 0.2) is 0 Å². The number of nitro groups is 1. The number of carbonyl (C=O) groups excluding carboxylic acids is 1. The molecule has 2 fully saturated rings. The zero-order chi connectivity index (χ0) is 22.6. The highest BCUT2D eigenvalue weighted by Crippen LogP contribution is 2.34. The highest BCUT2D eigenvalue weighted by Gasteiger charge is 2.34. The standard InChI is InChI=1S/C20H30N4O6S/c1-3-21(4-2)20(25)16-6-5-9-22(15-16)18-8-7-17(24(26)27)14-19(18)31(28,29)23-10-12-30-13-11-23/h7-8,14,16H,3-6,9-13,15H2,1-2H3/t16-/m0/s1. The third-order valence-corrected chi connectivity index (χ3v) is 7.86. The molecule has 1 aromatic rings. The summed E-state index contributed by atoms with van der Waals surface area (Å²) < 4.78 is 33.3. The van der Waals surface area contributed by atoms with E-state index in [1.54, 1.807) is 4.90 Å². The van der Waals surface area contributed by atoms with Crippen molar-refractivity contribution < 1.29 is 22.9 Å². The Kier molecular flexibility index (Phi) is 7.50. The molecule has 2 aliphatic heterocycles. The third-order valence-electron chi connectivity index (χ3n) is 5.93. The van der Waals surface area contributed by atoms with Crippen LogP contribution in [0.3, 0.4) is 0 Å². The predicted molar refractivity (Wildman–Crippen MR) is 116 cm³/mol. The van der Waals surface area contributed by atoms with Crippen molar-refractivity contribution in [1.82, 2.24) is 9.21 Å². The lowest BCUT2D eigenvalue weighted by Gasteiger charge is -2.37. The molecule has 0 unspecified atom stereocenters. The van der Waals surface area contributed by atoms with E-state index < -0.39 is 14.9 Å². The van der Waals surface area contributed by atoms with Crippen molar-refractivity contribution in [3.63, 3.8) is 0 Å². The maximum absolute atomic E-state index is 13.4. The highest BCUT2D eigenvalue weighted by molar-refractivity contribution is 7.89. The van der Waals surface area contributed by atoms with Crippen molar-refractivity contribution in [2.75, 3.05) is 57.4 Å². The summed E-state index contributed by atoms with van der Waals surface area (Å²) in [5.41, 5.74) is 0.137. The van der Waals surface area contributed by atoms with Gasteiger partial charge in [-0.3, -0.25) is 14.9 Å². The molecule has 0 aliphatic carbocycles. The van der Waals surface area contributed by atoms with Crippen molar-refractivity contribution >= 4 is 27.3 Å². The minimum absolute atomic E-state index is 0.0641. The van der Waals surface area contributed by atoms with Crippen molar-refractivity contribution in [3.05, 3.63) is 28.3 Å². The van der Waals surface area contributed by atoms with E-state index in [1.165, 1.54) is 16.4 Å². The molecule has 2 heterocycles. The van der Waals surface area contributed by atoms with Crippen LogP contribution in [0.5, 0.6) is 0 Å². The third kappa shape index (κ3) is 4.99. The Morgan fingerprint density at radius 2 is 1.90 bits per heavy atom. The second-order valence-electron chi connectivity index (χ2n) is 7.72. The second-order valence-corrected chi connectivity index (χ2v) is 9.63. The molecule has 31 heavy (non-hydrogen) atoms. The van der Waals surface area contributed by atoms with Gasteiger partial charge in [0.1, 0.15) is 4.90 Å². The van der Waals surface area contributed by atoms with Gasteiger partial charge < -0.3 is 14.5 Å². The van der Waals surface area contributed by atoms with Crippen LogP contribution in [-0.4, -0.2) is 80.9 Å². The number of piperidine rings is 1. The maximum Gasteiger partial charge on any atom is 0.270 e. The van der Waals surface area contributed by atoms with Crippen LogP contribution in [0.4, 0.5) is 11.4 Å². The van der Waals surface area contributed by atoms with Crippen LogP contribution in [0, 0.1) is 16.0 Å². The molecule has 11 heteroatoms. The molecule has 0 radical (unpaired) electrons. The van der Waals surface area contributed by atoms with Crippen molar-refractivity contribution in [2.45, 2.75) is 31.6 Å². The average Bonchev–Trinajstić information content (AvgIpc) is 2.80. The molecular weight excluding hydrogens is 424 g/mol. The normalized spacial score (nSPS) is 20.5. The minimum atomic E-state index is -3.95. The Morgan fingerprint density at radius 3 is 2.52 bits per heavy atom. The fourth-order valence-corrected chi connectivity index (χ4v) is 5.84. The monoisotopic (exact) mass is 454 g/mol. The average molecular weight is 455 g/mol. The van der Waals surface area contributed by atoms with Gasteiger partial charge in [0.2, 0.25) is 15.9 Å². The van der Waals surface area contributed by atoms with Crippen LogP contribution in [-0.2, 0) is 19.6 Å². The van der Waals surface area contributed by atoms with Crippen molar-refractivity contribution in [2.24, 2.45) is 5.92 Å². The number of hydrogen-bond acceptors (Lipinski definition) is 7. The Balaban J connectivity index is 1.96. The topological polar surface area (TPSA) is 113 Å². The zero-order valence-corrected chi connectivity index (χ0v) is 18.8. The minimum Gasteiger partial charge on any atom is -0.379 e. The fraction of sp³-hybridized carbons (Fsp3) is 0.650. The van der Waals surface area contributed by atoms with Crippen molar-refractivity contribution in [1.29, 1.82) is 0 Å². The first kappa shape index (κ1) is 23.4. The van der Waals surface area contributed by atoms with Gasteiger partial charge >= 0.3 is 0 Å². The number of sulfonamides is 1. The zero-order valence-electron chi connectivity index (χ0n) is 18.0. The Labute approximate surface area is 182 Å². The quantitative estimate of drug-likeness (QED) is 0.455. The van der Waals surface area contributed by atoms with Crippen LogP contribution in [0.2, 0.25) is 0 Å². The summed E-state index contributed by atoms with van der Waals surface area (Å²) in [6.07, 6.45) is 1.48. The summed E-state index contributed by atoms with van der Waals surface area (Å²) in [7, 11) is -3.95. The Bertz CT molecular complexity index is 912. The number of non-ortho nitro benzene ring substituents is 1. The number of nitro benzene ring substituents is 1. The molecule has 0 spiro atoms. The summed E-state index contributed by atoms with van der Waals surface area (Å²) in [6, 6.07) is 3.95. The number of rotatable bonds is 7. The molecule has 0 N–H and O–H groups in total. The summed E-state index contributed by atoms with van der Waals surface area (Å²) in [5, 5.41) is 11.3. The number of carbonyl (C=O) groups is 1. The molecule has 2 aliphatic rings. The van der Waals surface area contributed by atoms with Gasteiger partial charge in [0.05, 0.1) is 29.7 Å². The van der Waals surface area contributed by atoms with Crippen molar-refractivity contribution in [3.8, 4) is 0 Å². The number of amides is 1. The largest absolute Gasteiger partial charge is 0.379 e. The summed E-state index contributed by atoms with van der Waals surface area (Å²) in [5.74, 6) is -0.169. The molecule has 0 bridgehead atoms. The first-order valence-corrected chi connectivity index (χ1v) is 12.1. The number of ether oxygens (including phenoxy) is 1. The number of hydrogen-bond donors (Lipinski definition) is 0. The van der Waals surface area contributed by atoms with Gasteiger partial charge in [-0.15, -0.1) is 0 Å². The highest BCUT2D eigenvalue weighted by atomic mass is 32.2. The number of nitrogens with zero attached hydrogens (tertiary/aromatic N) is 4. The van der Waals surface area contributed by atoms with Gasteiger partial charge in [0, 0.05) is 51.4 Å². The molecule has 0 aromatic heterocycles. The Hall–Kier alpha value is -2.24. The molecule has 2 saturated heterocycles. The van der Waals surface area contributed by atoms with E-state index in [-0.39, 0.29) is 48.7 Å². The predicted octanol–water partition coefficient (Wildman–Crippen LogP) is 1.70. The van der Waals surface area contributed by atoms with Crippen LogP contribution >= 0.6 is 0 Å². The van der Waals surface area contributed by atoms with E-state index in [1.807, 2.05) is 18.7 Å². The lowest BCUT2D eigenvalue weighted by Crippen LogP contribution is -2.46. The van der Waals surface area contributed by atoms with E-state index in [2.05, 4.69) is 0 Å². The van der Waals surface area contributed by atoms with E-state index in [0.29, 0.717) is 31.9 Å². The first-order valence-electron chi connectivity index (χ1n) is 10.7. The molecule has 172 valence electrons. The Morgan fingerprint density at radius 1 is 1.23 bits per heavy atom. The molecule has 0 saturated carbocycles. The number of morpholine rings is 1. The van der Waals surface area contributed by atoms with Gasteiger partial charge in [-0.2, -0.15) is 4.31 Å². The van der Waals surface area contributed by atoms with Gasteiger partial charge in [-0.25, -0.2) is 8.42 Å². The van der Waals surface area contributed by atoms with Gasteiger partial charge in [-0.1, -0.05) is 0 Å².